The van der Waals surface area contributed by atoms with Crippen LogP contribution >= 0.6 is 23.1 Å². The number of allylic oxidation sites excluding steroid dienone is 2. The van der Waals surface area contributed by atoms with Gasteiger partial charge < -0.3 is 14.5 Å². The van der Waals surface area contributed by atoms with E-state index in [1.807, 2.05) is 32.2 Å². The summed E-state index contributed by atoms with van der Waals surface area (Å²) in [6, 6.07) is 19.0. The van der Waals surface area contributed by atoms with Gasteiger partial charge in [0, 0.05) is 42.8 Å². The molecule has 4 heterocycles. The van der Waals surface area contributed by atoms with Crippen molar-refractivity contribution in [3.63, 3.8) is 0 Å². The van der Waals surface area contributed by atoms with Gasteiger partial charge in [-0.05, 0) is 55.5 Å². The molecule has 3 aliphatic heterocycles. The fourth-order valence-corrected chi connectivity index (χ4v) is 9.80. The predicted molar refractivity (Wildman–Crippen MR) is 190 cm³/mol. The molecule has 2 atom stereocenters. The number of fused-ring (bicyclic) bond motifs is 3. The van der Waals surface area contributed by atoms with Crippen LogP contribution in [0, 0.1) is 6.92 Å². The highest BCUT2D eigenvalue weighted by atomic mass is 32.2. The Hall–Kier alpha value is -3.87. The predicted octanol–water partition coefficient (Wildman–Crippen LogP) is 5.31. The Kier molecular flexibility index (Phi) is 8.52. The highest BCUT2D eigenvalue weighted by Crippen LogP contribution is 2.48. The van der Waals surface area contributed by atoms with Crippen LogP contribution in [0.1, 0.15) is 18.4 Å². The van der Waals surface area contributed by atoms with E-state index >= 15 is 0 Å². The van der Waals surface area contributed by atoms with Gasteiger partial charge in [0.05, 0.1) is 27.9 Å². The van der Waals surface area contributed by atoms with Crippen molar-refractivity contribution in [2.24, 2.45) is 0 Å². The number of rotatable bonds is 8. The molecule has 8 nitrogen and oxygen atoms in total. The summed E-state index contributed by atoms with van der Waals surface area (Å²) in [4.78, 5) is 19.4. The lowest BCUT2D eigenvalue weighted by Crippen LogP contribution is -2.49. The van der Waals surface area contributed by atoms with Crippen LogP contribution in [0.2, 0.25) is 0 Å². The minimum absolute atomic E-state index is 0.0468. The van der Waals surface area contributed by atoms with Gasteiger partial charge in [-0.3, -0.25) is 9.36 Å². The van der Waals surface area contributed by atoms with Gasteiger partial charge in [-0.2, -0.15) is 8.42 Å². The summed E-state index contributed by atoms with van der Waals surface area (Å²) in [5.74, 6) is 0. The molecule has 0 spiro atoms. The summed E-state index contributed by atoms with van der Waals surface area (Å²) in [5, 5.41) is 3.08. The minimum Gasteiger partial charge on any atom is -0.376 e. The molecule has 1 aromatic heterocycles. The van der Waals surface area contributed by atoms with Crippen LogP contribution in [0.15, 0.2) is 112 Å². The van der Waals surface area contributed by atoms with Gasteiger partial charge in [-0.15, -0.1) is 17.9 Å². The van der Waals surface area contributed by atoms with Crippen molar-refractivity contribution in [2.75, 3.05) is 25.1 Å². The van der Waals surface area contributed by atoms with Crippen molar-refractivity contribution in [2.45, 2.75) is 47.9 Å². The zero-order valence-corrected chi connectivity index (χ0v) is 28.6. The number of aromatic nitrogens is 1. The number of thiazole rings is 1. The van der Waals surface area contributed by atoms with Crippen molar-refractivity contribution in [3.8, 4) is 0 Å². The van der Waals surface area contributed by atoms with E-state index in [0.717, 1.165) is 44.8 Å². The molecular weight excluding hydrogens is 651 g/mol. The summed E-state index contributed by atoms with van der Waals surface area (Å²) in [5.41, 5.74) is 0.280. The molecular formula is C36H35N3O5S3. The molecule has 3 aromatic carbocycles. The molecule has 4 aromatic rings. The summed E-state index contributed by atoms with van der Waals surface area (Å²) in [7, 11) is -2.25. The molecule has 2 unspecified atom stereocenters. The Labute approximate surface area is 282 Å². The van der Waals surface area contributed by atoms with E-state index < -0.39 is 15.8 Å². The quantitative estimate of drug-likeness (QED) is 0.183. The fraction of sp³-hybridized carbons (Fsp3) is 0.250. The van der Waals surface area contributed by atoms with E-state index in [9.17, 15) is 13.2 Å². The maximum atomic E-state index is 14.4. The Balaban J connectivity index is 1.43. The third-order valence-electron chi connectivity index (χ3n) is 8.60. The minimum atomic E-state index is -4.24. The normalized spacial score (nSPS) is 22.4. The Bertz CT molecular complexity index is 2210. The standard InChI is InChI=1S/C36H35N3O5S3/c1-4-20-38-21-8-7-19-36(38,44-47(41,42)28-16-13-25(2)14-17-28)23-31-39(24-27-11-9-22-43-27)34(40)33(46-31)35-37(3)32-29-12-6-5-10-26(29)15-18-30(32)45-35/h4-8,10,12-19,21,23,27H,1,9,11,20,22,24H2,2-3H3. The van der Waals surface area contributed by atoms with Gasteiger partial charge in [0.15, 0.2) is 0 Å². The zero-order chi connectivity index (χ0) is 32.8. The van der Waals surface area contributed by atoms with E-state index in [0.29, 0.717) is 28.9 Å². The number of nitrogens with zero attached hydrogens (tertiary/aromatic N) is 3. The van der Waals surface area contributed by atoms with Crippen molar-refractivity contribution in [1.82, 2.24) is 9.47 Å². The second-order valence-electron chi connectivity index (χ2n) is 11.8. The SMILES string of the molecule is C=CCN1C=CC=CC1(C=c1sc(=C2Sc3ccc4ccccc4c3N2C)c(=O)n1CC1CCCO1)OS(=O)(=O)c1ccc(C)cc1. The summed E-state index contributed by atoms with van der Waals surface area (Å²) in [6.07, 6.45) is 12.1. The van der Waals surface area contributed by atoms with Gasteiger partial charge in [0.2, 0.25) is 5.72 Å². The first-order valence-corrected chi connectivity index (χ1v) is 18.5. The lowest BCUT2D eigenvalue weighted by Gasteiger charge is -2.38. The molecule has 0 amide bonds. The number of aryl methyl sites for hydroxylation is 1. The molecule has 0 saturated carbocycles. The molecule has 7 rings (SSSR count). The van der Waals surface area contributed by atoms with E-state index in [4.69, 9.17) is 8.92 Å². The van der Waals surface area contributed by atoms with E-state index in [1.165, 1.54) is 11.3 Å². The van der Waals surface area contributed by atoms with Crippen LogP contribution in [0.5, 0.6) is 0 Å². The monoisotopic (exact) mass is 685 g/mol. The molecule has 0 radical (unpaired) electrons. The van der Waals surface area contributed by atoms with E-state index in [-0.39, 0.29) is 16.6 Å². The third kappa shape index (κ3) is 5.91. The van der Waals surface area contributed by atoms with Crippen molar-refractivity contribution >= 4 is 60.8 Å². The second kappa shape index (κ2) is 12.6. The number of benzene rings is 3. The first-order valence-electron chi connectivity index (χ1n) is 15.5. The van der Waals surface area contributed by atoms with Crippen LogP contribution in [0.4, 0.5) is 5.69 Å². The lowest BCUT2D eigenvalue weighted by molar-refractivity contribution is 0.0554. The molecule has 3 aliphatic rings. The van der Waals surface area contributed by atoms with Gasteiger partial charge >= 0.3 is 0 Å². The molecule has 0 N–H and O–H groups in total. The number of hydrogen-bond donors (Lipinski definition) is 0. The summed E-state index contributed by atoms with van der Waals surface area (Å²) < 4.78 is 42.7. The Morgan fingerprint density at radius 1 is 1.11 bits per heavy atom. The van der Waals surface area contributed by atoms with Crippen molar-refractivity contribution in [3.05, 3.63) is 123 Å². The van der Waals surface area contributed by atoms with Crippen molar-refractivity contribution < 1.29 is 17.3 Å². The zero-order valence-electron chi connectivity index (χ0n) is 26.2. The number of ether oxygens (including phenoxy) is 1. The molecule has 47 heavy (non-hydrogen) atoms. The highest BCUT2D eigenvalue weighted by molar-refractivity contribution is 8.08. The average Bonchev–Trinajstić information content (AvgIpc) is 3.77. The second-order valence-corrected chi connectivity index (χ2v) is 15.4. The molecule has 1 fully saturated rings. The van der Waals surface area contributed by atoms with Crippen molar-refractivity contribution in [1.29, 1.82) is 0 Å². The first kappa shape index (κ1) is 31.7. The van der Waals surface area contributed by atoms with Gasteiger partial charge in [-0.25, -0.2) is 4.18 Å². The number of anilines is 1. The van der Waals surface area contributed by atoms with E-state index in [1.54, 1.807) is 76.0 Å². The van der Waals surface area contributed by atoms with Crippen LogP contribution in [-0.4, -0.2) is 49.9 Å². The number of hydrogen-bond acceptors (Lipinski definition) is 9. The highest BCUT2D eigenvalue weighted by Gasteiger charge is 2.39. The first-order chi connectivity index (χ1) is 22.7. The average molecular weight is 686 g/mol. The number of thioether (sulfide) groups is 1. The van der Waals surface area contributed by atoms with Gasteiger partial charge in [0.25, 0.3) is 15.7 Å². The van der Waals surface area contributed by atoms with Gasteiger partial charge in [-0.1, -0.05) is 71.9 Å². The smallest absolute Gasteiger partial charge is 0.299 e. The van der Waals surface area contributed by atoms with Crippen LogP contribution in [0.3, 0.4) is 0 Å². The maximum absolute atomic E-state index is 14.4. The van der Waals surface area contributed by atoms with Gasteiger partial charge in [0.1, 0.15) is 9.56 Å². The Morgan fingerprint density at radius 2 is 1.91 bits per heavy atom. The van der Waals surface area contributed by atoms with Crippen LogP contribution in [-0.2, 0) is 25.6 Å². The largest absolute Gasteiger partial charge is 0.376 e. The lowest BCUT2D eigenvalue weighted by atomic mass is 10.1. The molecule has 11 heteroatoms. The summed E-state index contributed by atoms with van der Waals surface area (Å²) >= 11 is 2.91. The molecule has 0 aliphatic carbocycles. The molecule has 242 valence electrons. The fourth-order valence-electron chi connectivity index (χ4n) is 6.21. The molecule has 0 bridgehead atoms. The molecule has 1 saturated heterocycles. The third-order valence-corrected chi connectivity index (χ3v) is 12.4. The maximum Gasteiger partial charge on any atom is 0.299 e. The van der Waals surface area contributed by atoms with Crippen LogP contribution in [0.25, 0.3) is 21.9 Å². The summed E-state index contributed by atoms with van der Waals surface area (Å²) in [6.45, 7) is 7.09. The topological polar surface area (TPSA) is 81.1 Å². The van der Waals surface area contributed by atoms with Crippen LogP contribution < -0.4 is 19.7 Å². The van der Waals surface area contributed by atoms with E-state index in [2.05, 4.69) is 35.7 Å². The Morgan fingerprint density at radius 3 is 2.68 bits per heavy atom.